The average molecular weight is 321 g/mol. The predicted molar refractivity (Wildman–Crippen MR) is 96.0 cm³/mol. The third kappa shape index (κ3) is 4.01. The molecule has 3 N–H and O–H groups in total. The Kier molecular flexibility index (Phi) is 5.58. The molecule has 21 heavy (non-hydrogen) atoms. The van der Waals surface area contributed by atoms with Crippen molar-refractivity contribution in [1.82, 2.24) is 5.43 Å². The van der Waals surface area contributed by atoms with Crippen molar-refractivity contribution in [3.05, 3.63) is 35.2 Å². The van der Waals surface area contributed by atoms with Crippen LogP contribution in [0.15, 0.2) is 29.6 Å². The van der Waals surface area contributed by atoms with E-state index in [1.54, 1.807) is 0 Å². The number of nitrogens with two attached hydrogens (primary N) is 1. The predicted octanol–water partition coefficient (Wildman–Crippen LogP) is 4.34. The zero-order valence-corrected chi connectivity index (χ0v) is 14.0. The number of hydrogen-bond acceptors (Lipinski definition) is 4. The monoisotopic (exact) mass is 320 g/mol. The van der Waals surface area contributed by atoms with E-state index < -0.39 is 0 Å². The van der Waals surface area contributed by atoms with E-state index in [-0.39, 0.29) is 0 Å². The molecule has 1 heterocycles. The summed E-state index contributed by atoms with van der Waals surface area (Å²) >= 11 is 3.96. The topological polar surface area (TPSA) is 38.0 Å². The second-order valence-electron chi connectivity index (χ2n) is 5.92. The van der Waals surface area contributed by atoms with Crippen LogP contribution < -0.4 is 11.3 Å². The Balaban J connectivity index is 1.58. The Labute approximate surface area is 135 Å². The SMILES string of the molecule is NNC(CSC1CCCCC1)Cc1csc2ccccc12. The fourth-order valence-corrected chi connectivity index (χ4v) is 5.47. The molecule has 2 aromatic rings. The maximum absolute atomic E-state index is 5.79. The Hall–Kier alpha value is -0.550. The zero-order valence-electron chi connectivity index (χ0n) is 12.4. The van der Waals surface area contributed by atoms with Gasteiger partial charge >= 0.3 is 0 Å². The summed E-state index contributed by atoms with van der Waals surface area (Å²) in [6, 6.07) is 9.03. The van der Waals surface area contributed by atoms with Gasteiger partial charge in [0.1, 0.15) is 0 Å². The van der Waals surface area contributed by atoms with Crippen LogP contribution in [-0.2, 0) is 6.42 Å². The molecule has 1 saturated carbocycles. The molecule has 0 amide bonds. The largest absolute Gasteiger partial charge is 0.271 e. The van der Waals surface area contributed by atoms with Crippen LogP contribution in [0.1, 0.15) is 37.7 Å². The van der Waals surface area contributed by atoms with Gasteiger partial charge in [0.25, 0.3) is 0 Å². The first-order valence-electron chi connectivity index (χ1n) is 7.89. The maximum atomic E-state index is 5.79. The number of thioether (sulfide) groups is 1. The molecule has 3 rings (SSSR count). The average Bonchev–Trinajstić information content (AvgIpc) is 2.95. The van der Waals surface area contributed by atoms with E-state index >= 15 is 0 Å². The normalized spacial score (nSPS) is 18.1. The van der Waals surface area contributed by atoms with Gasteiger partial charge in [-0.1, -0.05) is 37.5 Å². The van der Waals surface area contributed by atoms with Crippen molar-refractivity contribution in [1.29, 1.82) is 0 Å². The molecular formula is C17H24N2S2. The minimum absolute atomic E-state index is 0.370. The van der Waals surface area contributed by atoms with Crippen LogP contribution in [0.2, 0.25) is 0 Å². The molecule has 1 unspecified atom stereocenters. The summed E-state index contributed by atoms with van der Waals surface area (Å²) in [5, 5.41) is 4.54. The van der Waals surface area contributed by atoms with E-state index in [0.29, 0.717) is 6.04 Å². The molecule has 1 aliphatic carbocycles. The van der Waals surface area contributed by atoms with Crippen LogP contribution in [0.4, 0.5) is 0 Å². The van der Waals surface area contributed by atoms with Gasteiger partial charge in [-0.15, -0.1) is 11.3 Å². The number of hydrazine groups is 1. The number of benzene rings is 1. The van der Waals surface area contributed by atoms with E-state index in [1.807, 2.05) is 11.3 Å². The summed E-state index contributed by atoms with van der Waals surface area (Å²) in [6.07, 6.45) is 8.06. The summed E-state index contributed by atoms with van der Waals surface area (Å²) in [5.74, 6) is 6.91. The lowest BCUT2D eigenvalue weighted by Gasteiger charge is -2.23. The highest BCUT2D eigenvalue weighted by atomic mass is 32.2. The summed E-state index contributed by atoms with van der Waals surface area (Å²) in [5.41, 5.74) is 4.46. The van der Waals surface area contributed by atoms with E-state index in [4.69, 9.17) is 5.84 Å². The maximum Gasteiger partial charge on any atom is 0.0345 e. The first-order chi connectivity index (χ1) is 10.4. The van der Waals surface area contributed by atoms with Crippen molar-refractivity contribution in [3.63, 3.8) is 0 Å². The Morgan fingerprint density at radius 2 is 2.05 bits per heavy atom. The molecule has 4 heteroatoms. The molecule has 0 saturated heterocycles. The van der Waals surface area contributed by atoms with Crippen molar-refractivity contribution < 1.29 is 0 Å². The lowest BCUT2D eigenvalue weighted by molar-refractivity contribution is 0.513. The van der Waals surface area contributed by atoms with Crippen molar-refractivity contribution in [3.8, 4) is 0 Å². The summed E-state index contributed by atoms with van der Waals surface area (Å²) in [4.78, 5) is 0. The van der Waals surface area contributed by atoms with Crippen molar-refractivity contribution in [2.75, 3.05) is 5.75 Å². The van der Waals surface area contributed by atoms with Crippen LogP contribution in [0.3, 0.4) is 0 Å². The van der Waals surface area contributed by atoms with Crippen LogP contribution in [0.25, 0.3) is 10.1 Å². The molecule has 0 bridgehead atoms. The molecule has 0 radical (unpaired) electrons. The third-order valence-corrected chi connectivity index (χ3v) is 6.90. The van der Waals surface area contributed by atoms with E-state index in [1.165, 1.54) is 47.8 Å². The highest BCUT2D eigenvalue weighted by Gasteiger charge is 2.17. The van der Waals surface area contributed by atoms with Gasteiger partial charge in [0, 0.05) is 21.7 Å². The fourth-order valence-electron chi connectivity index (χ4n) is 3.11. The molecule has 1 aliphatic rings. The molecule has 2 nitrogen and oxygen atoms in total. The first-order valence-corrected chi connectivity index (χ1v) is 9.82. The zero-order chi connectivity index (χ0) is 14.5. The quantitative estimate of drug-likeness (QED) is 0.614. The Morgan fingerprint density at radius 1 is 1.24 bits per heavy atom. The first kappa shape index (κ1) is 15.3. The van der Waals surface area contributed by atoms with E-state index in [9.17, 15) is 0 Å². The van der Waals surface area contributed by atoms with Crippen LogP contribution >= 0.6 is 23.1 Å². The fraction of sp³-hybridized carbons (Fsp3) is 0.529. The summed E-state index contributed by atoms with van der Waals surface area (Å²) in [7, 11) is 0. The van der Waals surface area contributed by atoms with Gasteiger partial charge in [0.2, 0.25) is 0 Å². The second kappa shape index (κ2) is 7.63. The summed E-state index contributed by atoms with van der Waals surface area (Å²) in [6.45, 7) is 0. The molecule has 1 aromatic heterocycles. The Bertz CT molecular complexity index is 561. The van der Waals surface area contributed by atoms with Crippen LogP contribution in [-0.4, -0.2) is 17.0 Å². The van der Waals surface area contributed by atoms with Crippen LogP contribution in [0, 0.1) is 0 Å². The molecule has 1 atom stereocenters. The number of rotatable bonds is 6. The van der Waals surface area contributed by atoms with E-state index in [2.05, 4.69) is 46.8 Å². The third-order valence-electron chi connectivity index (χ3n) is 4.35. The van der Waals surface area contributed by atoms with Crippen molar-refractivity contribution in [2.45, 2.75) is 49.8 Å². The number of thiophene rings is 1. The van der Waals surface area contributed by atoms with Crippen LogP contribution in [0.5, 0.6) is 0 Å². The van der Waals surface area contributed by atoms with Gasteiger partial charge in [-0.2, -0.15) is 11.8 Å². The molecule has 1 fully saturated rings. The second-order valence-corrected chi connectivity index (χ2v) is 8.16. The van der Waals surface area contributed by atoms with Gasteiger partial charge in [-0.05, 0) is 41.7 Å². The number of nitrogens with one attached hydrogen (secondary N) is 1. The van der Waals surface area contributed by atoms with E-state index in [0.717, 1.165) is 17.4 Å². The minimum Gasteiger partial charge on any atom is -0.271 e. The van der Waals surface area contributed by atoms with Gasteiger partial charge in [-0.3, -0.25) is 11.3 Å². The lowest BCUT2D eigenvalue weighted by Crippen LogP contribution is -2.39. The molecule has 1 aromatic carbocycles. The molecule has 0 aliphatic heterocycles. The van der Waals surface area contributed by atoms with Gasteiger partial charge in [-0.25, -0.2) is 0 Å². The molecular weight excluding hydrogens is 296 g/mol. The Morgan fingerprint density at radius 3 is 2.86 bits per heavy atom. The highest BCUT2D eigenvalue weighted by molar-refractivity contribution is 7.99. The summed E-state index contributed by atoms with van der Waals surface area (Å²) < 4.78 is 1.38. The smallest absolute Gasteiger partial charge is 0.0345 e. The number of fused-ring (bicyclic) bond motifs is 1. The minimum atomic E-state index is 0.370. The van der Waals surface area contributed by atoms with Crippen molar-refractivity contribution >= 4 is 33.2 Å². The number of hydrogen-bond donors (Lipinski definition) is 2. The van der Waals surface area contributed by atoms with Gasteiger partial charge in [0.15, 0.2) is 0 Å². The molecule has 0 spiro atoms. The van der Waals surface area contributed by atoms with Crippen molar-refractivity contribution in [2.24, 2.45) is 5.84 Å². The van der Waals surface area contributed by atoms with Gasteiger partial charge < -0.3 is 0 Å². The molecule has 114 valence electrons. The standard InChI is InChI=1S/C17H24N2S2/c18-19-14(12-20-15-6-2-1-3-7-15)10-13-11-21-17-9-5-4-8-16(13)17/h4-5,8-9,11,14-15,19H,1-3,6-7,10,12,18H2. The lowest BCUT2D eigenvalue weighted by atomic mass is 10.0. The van der Waals surface area contributed by atoms with Gasteiger partial charge in [0.05, 0.1) is 0 Å². The highest BCUT2D eigenvalue weighted by Crippen LogP contribution is 2.30.